The monoisotopic (exact) mass is 226 g/mol. The molecule has 84 valence electrons. The summed E-state index contributed by atoms with van der Waals surface area (Å²) in [7, 11) is 0. The molecule has 17 heavy (non-hydrogen) atoms. The summed E-state index contributed by atoms with van der Waals surface area (Å²) in [5, 5.41) is 28.0. The molecule has 3 N–H and O–H groups in total. The molecule has 0 spiro atoms. The van der Waals surface area contributed by atoms with Gasteiger partial charge < -0.3 is 15.3 Å². The van der Waals surface area contributed by atoms with Crippen LogP contribution in [0.25, 0.3) is 0 Å². The van der Waals surface area contributed by atoms with Gasteiger partial charge in [-0.2, -0.15) is 0 Å². The van der Waals surface area contributed by atoms with Gasteiger partial charge in [0.1, 0.15) is 0 Å². The molecule has 0 amide bonds. The van der Waals surface area contributed by atoms with Crippen LogP contribution in [-0.4, -0.2) is 15.3 Å². The topological polar surface area (TPSA) is 60.7 Å². The van der Waals surface area contributed by atoms with Crippen molar-refractivity contribution in [1.82, 2.24) is 0 Å². The van der Waals surface area contributed by atoms with Crippen molar-refractivity contribution < 1.29 is 15.3 Å². The Hall–Kier alpha value is -2.60. The predicted octanol–water partition coefficient (Wildman–Crippen LogP) is 2.20. The zero-order valence-electron chi connectivity index (χ0n) is 8.88. The molecule has 0 radical (unpaired) electrons. The van der Waals surface area contributed by atoms with Crippen molar-refractivity contribution in [2.45, 2.75) is 0 Å². The second-order valence-corrected chi connectivity index (χ2v) is 3.45. The van der Waals surface area contributed by atoms with Crippen LogP contribution in [-0.2, 0) is 0 Å². The van der Waals surface area contributed by atoms with Crippen molar-refractivity contribution in [2.75, 3.05) is 0 Å². The average molecular weight is 226 g/mol. The van der Waals surface area contributed by atoms with Gasteiger partial charge in [-0.15, -0.1) is 0 Å². The normalized spacial score (nSPS) is 9.41. The van der Waals surface area contributed by atoms with Gasteiger partial charge in [0, 0.05) is 5.56 Å². The van der Waals surface area contributed by atoms with Gasteiger partial charge in [0.25, 0.3) is 0 Å². The molecule has 2 aromatic rings. The number of benzene rings is 2. The van der Waals surface area contributed by atoms with Crippen LogP contribution in [0.2, 0.25) is 0 Å². The highest BCUT2D eigenvalue weighted by Gasteiger charge is 2.08. The first-order valence-electron chi connectivity index (χ1n) is 4.99. The zero-order chi connectivity index (χ0) is 12.3. The van der Waals surface area contributed by atoms with E-state index >= 15 is 0 Å². The number of aromatic hydroxyl groups is 3. The summed E-state index contributed by atoms with van der Waals surface area (Å²) in [5.41, 5.74) is 1.07. The van der Waals surface area contributed by atoms with Crippen LogP contribution < -0.4 is 0 Å². The molecule has 2 aromatic carbocycles. The second kappa shape index (κ2) is 4.50. The Morgan fingerprint density at radius 1 is 0.706 bits per heavy atom. The summed E-state index contributed by atoms with van der Waals surface area (Å²) in [5.74, 6) is 4.24. The van der Waals surface area contributed by atoms with Crippen molar-refractivity contribution in [3.05, 3.63) is 53.6 Å². The number of rotatable bonds is 0. The maximum Gasteiger partial charge on any atom is 0.201 e. The predicted molar refractivity (Wildman–Crippen MR) is 63.9 cm³/mol. The third-order valence-corrected chi connectivity index (χ3v) is 2.25. The Kier molecular flexibility index (Phi) is 2.89. The van der Waals surface area contributed by atoms with Crippen molar-refractivity contribution in [1.29, 1.82) is 0 Å². The Labute approximate surface area is 98.6 Å². The Morgan fingerprint density at radius 3 is 2.12 bits per heavy atom. The van der Waals surface area contributed by atoms with Gasteiger partial charge in [-0.05, 0) is 24.3 Å². The summed E-state index contributed by atoms with van der Waals surface area (Å²) in [6.07, 6.45) is 0. The first-order valence-corrected chi connectivity index (χ1v) is 4.99. The standard InChI is InChI=1S/C14H10O3/c15-12-9-8-11(13(16)14(12)17)7-6-10-4-2-1-3-5-10/h1-5,8-9,15-17H. The van der Waals surface area contributed by atoms with Crippen molar-refractivity contribution in [2.24, 2.45) is 0 Å². The number of hydrogen-bond acceptors (Lipinski definition) is 3. The second-order valence-electron chi connectivity index (χ2n) is 3.45. The molecule has 0 aromatic heterocycles. The fraction of sp³-hybridized carbons (Fsp3) is 0. The summed E-state index contributed by atoms with van der Waals surface area (Å²) >= 11 is 0. The minimum Gasteiger partial charge on any atom is -0.504 e. The van der Waals surface area contributed by atoms with Crippen LogP contribution in [0.15, 0.2) is 42.5 Å². The molecular weight excluding hydrogens is 216 g/mol. The lowest BCUT2D eigenvalue weighted by molar-refractivity contribution is 0.367. The van der Waals surface area contributed by atoms with Gasteiger partial charge in [-0.3, -0.25) is 0 Å². The van der Waals surface area contributed by atoms with Gasteiger partial charge in [0.05, 0.1) is 5.56 Å². The van der Waals surface area contributed by atoms with Crippen molar-refractivity contribution in [3.8, 4) is 29.1 Å². The molecule has 0 aliphatic carbocycles. The SMILES string of the molecule is Oc1ccc(C#Cc2ccccc2)c(O)c1O. The van der Waals surface area contributed by atoms with E-state index < -0.39 is 11.5 Å². The highest BCUT2D eigenvalue weighted by Crippen LogP contribution is 2.36. The average Bonchev–Trinajstić information content (AvgIpc) is 2.36. The van der Waals surface area contributed by atoms with Crippen LogP contribution in [0.4, 0.5) is 0 Å². The van der Waals surface area contributed by atoms with Crippen molar-refractivity contribution in [3.63, 3.8) is 0 Å². The lowest BCUT2D eigenvalue weighted by Crippen LogP contribution is -1.79. The first kappa shape index (κ1) is 10.9. The van der Waals surface area contributed by atoms with E-state index in [-0.39, 0.29) is 11.3 Å². The maximum absolute atomic E-state index is 9.54. The quantitative estimate of drug-likeness (QED) is 0.476. The van der Waals surface area contributed by atoms with E-state index in [4.69, 9.17) is 5.11 Å². The fourth-order valence-electron chi connectivity index (χ4n) is 1.33. The summed E-state index contributed by atoms with van der Waals surface area (Å²) in [4.78, 5) is 0. The molecule has 0 heterocycles. The van der Waals surface area contributed by atoms with Crippen LogP contribution in [0, 0.1) is 11.8 Å². The molecule has 0 atom stereocenters. The molecule has 3 nitrogen and oxygen atoms in total. The number of hydrogen-bond donors (Lipinski definition) is 3. The molecule has 3 heteroatoms. The lowest BCUT2D eigenvalue weighted by Gasteiger charge is -2.01. The zero-order valence-corrected chi connectivity index (χ0v) is 8.88. The van der Waals surface area contributed by atoms with E-state index in [9.17, 15) is 10.2 Å². The van der Waals surface area contributed by atoms with Gasteiger partial charge in [0.15, 0.2) is 11.5 Å². The molecular formula is C14H10O3. The van der Waals surface area contributed by atoms with Gasteiger partial charge in [-0.25, -0.2) is 0 Å². The van der Waals surface area contributed by atoms with E-state index in [0.717, 1.165) is 5.56 Å². The Morgan fingerprint density at radius 2 is 1.41 bits per heavy atom. The molecule has 2 rings (SSSR count). The first-order chi connectivity index (χ1) is 8.18. The van der Waals surface area contributed by atoms with Gasteiger partial charge >= 0.3 is 0 Å². The van der Waals surface area contributed by atoms with E-state index in [1.54, 1.807) is 0 Å². The van der Waals surface area contributed by atoms with E-state index in [1.165, 1.54) is 12.1 Å². The van der Waals surface area contributed by atoms with Crippen molar-refractivity contribution >= 4 is 0 Å². The Balaban J connectivity index is 2.38. The largest absolute Gasteiger partial charge is 0.504 e. The molecule has 0 aliphatic rings. The van der Waals surface area contributed by atoms with Crippen LogP contribution in [0.1, 0.15) is 11.1 Å². The molecule has 0 saturated carbocycles. The minimum absolute atomic E-state index is 0.268. The van der Waals surface area contributed by atoms with Gasteiger partial charge in [0.2, 0.25) is 5.75 Å². The Bertz CT molecular complexity index is 592. The molecule has 0 bridgehead atoms. The molecule has 0 saturated heterocycles. The minimum atomic E-state index is -0.551. The lowest BCUT2D eigenvalue weighted by atomic mass is 10.1. The fourth-order valence-corrected chi connectivity index (χ4v) is 1.33. The highest BCUT2D eigenvalue weighted by atomic mass is 16.3. The summed E-state index contributed by atoms with van der Waals surface area (Å²) in [6, 6.07) is 12.0. The third-order valence-electron chi connectivity index (χ3n) is 2.25. The molecule has 0 fully saturated rings. The number of phenolic OH excluding ortho intramolecular Hbond substituents is 3. The summed E-state index contributed by atoms with van der Waals surface area (Å²) < 4.78 is 0. The van der Waals surface area contributed by atoms with Gasteiger partial charge in [-0.1, -0.05) is 30.0 Å². The molecule has 0 aliphatic heterocycles. The summed E-state index contributed by atoms with van der Waals surface area (Å²) in [6.45, 7) is 0. The van der Waals surface area contributed by atoms with Crippen LogP contribution in [0.5, 0.6) is 17.2 Å². The highest BCUT2D eigenvalue weighted by molar-refractivity contribution is 5.59. The third kappa shape index (κ3) is 2.32. The van der Waals surface area contributed by atoms with E-state index in [1.807, 2.05) is 30.3 Å². The smallest absolute Gasteiger partial charge is 0.201 e. The molecule has 0 unspecified atom stereocenters. The maximum atomic E-state index is 9.54. The van der Waals surface area contributed by atoms with E-state index in [2.05, 4.69) is 11.8 Å². The number of phenols is 3. The van der Waals surface area contributed by atoms with Crippen LogP contribution in [0.3, 0.4) is 0 Å². The van der Waals surface area contributed by atoms with Crippen LogP contribution >= 0.6 is 0 Å². The van der Waals surface area contributed by atoms with E-state index in [0.29, 0.717) is 0 Å².